The molecular weight excluding hydrogens is 783 g/mol. The highest BCUT2D eigenvalue weighted by Gasteiger charge is 2.43. The fourth-order valence-corrected chi connectivity index (χ4v) is 7.28. The first kappa shape index (κ1) is 43.9. The standard InChI is InChI=1S/C44H55N9O8/c1-25(2)35(49-41(56)59-8)39(54)52-20-10-11-33(52)37-45-21-31(47-37)29-16-12-27(13-17-29)28-14-18-30(19-15-28)32-22-46-38(48-32)34-23-51(43(58)61-44(5,6)7)24-53(34)40(55)36(26(3)4)50-42(57)60-9/h10-19,21-22,25-26,33-36H,20,23-24H2,1-9H3,(H,45,47)(H,46,48)(H,49,56)(H,50,57)/t33-,34-,35-,36-/m0/s1. The number of benzene rings is 2. The lowest BCUT2D eigenvalue weighted by molar-refractivity contribution is -0.136. The Hall–Kier alpha value is -6.65. The molecule has 2 aromatic carbocycles. The molecule has 0 spiro atoms. The minimum Gasteiger partial charge on any atom is -0.453 e. The average molecular weight is 838 g/mol. The van der Waals surface area contributed by atoms with Crippen molar-refractivity contribution in [3.8, 4) is 33.6 Å². The average Bonchev–Trinajstić information content (AvgIpc) is 4.07. The van der Waals surface area contributed by atoms with Crippen molar-refractivity contribution in [2.45, 2.75) is 78.2 Å². The highest BCUT2D eigenvalue weighted by molar-refractivity contribution is 5.88. The highest BCUT2D eigenvalue weighted by atomic mass is 16.6. The van der Waals surface area contributed by atoms with E-state index in [1.54, 1.807) is 38.1 Å². The highest BCUT2D eigenvalue weighted by Crippen LogP contribution is 2.33. The minimum atomic E-state index is -0.902. The van der Waals surface area contributed by atoms with E-state index < -0.39 is 48.0 Å². The molecule has 0 bridgehead atoms. The minimum absolute atomic E-state index is 0.0521. The summed E-state index contributed by atoms with van der Waals surface area (Å²) in [6.45, 7) is 13.2. The van der Waals surface area contributed by atoms with E-state index in [9.17, 15) is 24.0 Å². The monoisotopic (exact) mass is 837 g/mol. The summed E-state index contributed by atoms with van der Waals surface area (Å²) in [7, 11) is 2.50. The van der Waals surface area contributed by atoms with E-state index in [1.807, 2.05) is 88.4 Å². The van der Waals surface area contributed by atoms with Crippen LogP contribution >= 0.6 is 0 Å². The van der Waals surface area contributed by atoms with Crippen LogP contribution in [0.5, 0.6) is 0 Å². The lowest BCUT2D eigenvalue weighted by Crippen LogP contribution is -2.51. The Balaban J connectivity index is 1.15. The molecule has 6 rings (SSSR count). The van der Waals surface area contributed by atoms with Gasteiger partial charge in [0.15, 0.2) is 0 Å². The van der Waals surface area contributed by atoms with Crippen LogP contribution in [0.2, 0.25) is 0 Å². The lowest BCUT2D eigenvalue weighted by Gasteiger charge is -2.29. The van der Waals surface area contributed by atoms with Gasteiger partial charge in [-0.3, -0.25) is 14.5 Å². The second-order valence-corrected chi connectivity index (χ2v) is 16.8. The van der Waals surface area contributed by atoms with Gasteiger partial charge in [0.2, 0.25) is 11.8 Å². The maximum Gasteiger partial charge on any atom is 0.411 e. The van der Waals surface area contributed by atoms with Gasteiger partial charge in [-0.05, 0) is 54.9 Å². The molecule has 4 atom stereocenters. The van der Waals surface area contributed by atoms with E-state index in [-0.39, 0.29) is 36.9 Å². The molecule has 4 N–H and O–H groups in total. The normalized spacial score (nSPS) is 17.4. The molecule has 5 amide bonds. The Morgan fingerprint density at radius 2 is 1.16 bits per heavy atom. The van der Waals surface area contributed by atoms with Gasteiger partial charge in [0.1, 0.15) is 41.4 Å². The van der Waals surface area contributed by atoms with Crippen LogP contribution in [0.4, 0.5) is 14.4 Å². The van der Waals surface area contributed by atoms with Gasteiger partial charge < -0.3 is 44.6 Å². The number of hydrogen-bond donors (Lipinski definition) is 4. The number of ether oxygens (including phenoxy) is 3. The van der Waals surface area contributed by atoms with Crippen LogP contribution < -0.4 is 10.6 Å². The zero-order valence-electron chi connectivity index (χ0n) is 36.0. The van der Waals surface area contributed by atoms with Crippen molar-refractivity contribution >= 4 is 30.1 Å². The molecule has 1 saturated heterocycles. The van der Waals surface area contributed by atoms with Crippen LogP contribution in [0.3, 0.4) is 0 Å². The summed E-state index contributed by atoms with van der Waals surface area (Å²) in [5, 5.41) is 5.30. The van der Waals surface area contributed by atoms with Crippen LogP contribution in [0.1, 0.15) is 72.2 Å². The number of amides is 5. The Kier molecular flexibility index (Phi) is 13.2. The first-order chi connectivity index (χ1) is 29.0. The Morgan fingerprint density at radius 1 is 0.705 bits per heavy atom. The van der Waals surface area contributed by atoms with Gasteiger partial charge >= 0.3 is 18.3 Å². The van der Waals surface area contributed by atoms with E-state index in [1.165, 1.54) is 24.0 Å². The quantitative estimate of drug-likeness (QED) is 0.0965. The van der Waals surface area contributed by atoms with Crippen molar-refractivity contribution in [1.29, 1.82) is 0 Å². The molecule has 0 radical (unpaired) electrons. The SMILES string of the molecule is COC(=O)N[C@H](C(=O)N1CC=C[C@H]1c1ncc(-c2ccc(-c3ccc(-c4cnc([C@@H]5CN(C(=O)OC(C)(C)C)CN5C(=O)[C@@H](NC(=O)OC)C(C)C)[nH]4)cc3)cc2)[nH]1)C(C)C. The smallest absolute Gasteiger partial charge is 0.411 e. The molecule has 324 valence electrons. The predicted octanol–water partition coefficient (Wildman–Crippen LogP) is 6.41. The van der Waals surface area contributed by atoms with Crippen molar-refractivity contribution in [3.05, 3.63) is 84.7 Å². The molecule has 0 aliphatic carbocycles. The van der Waals surface area contributed by atoms with E-state index in [4.69, 9.17) is 14.2 Å². The number of aromatic nitrogens is 4. The summed E-state index contributed by atoms with van der Waals surface area (Å²) in [6.07, 6.45) is 5.33. The summed E-state index contributed by atoms with van der Waals surface area (Å²) in [6, 6.07) is 13.3. The second-order valence-electron chi connectivity index (χ2n) is 16.8. The van der Waals surface area contributed by atoms with Gasteiger partial charge in [0.05, 0.1) is 51.2 Å². The Morgan fingerprint density at radius 3 is 1.64 bits per heavy atom. The zero-order valence-corrected chi connectivity index (χ0v) is 36.0. The van der Waals surface area contributed by atoms with Crippen LogP contribution in [-0.2, 0) is 23.8 Å². The molecule has 2 aliphatic rings. The van der Waals surface area contributed by atoms with Gasteiger partial charge in [-0.25, -0.2) is 24.4 Å². The van der Waals surface area contributed by atoms with Gasteiger partial charge in [-0.2, -0.15) is 0 Å². The molecule has 61 heavy (non-hydrogen) atoms. The van der Waals surface area contributed by atoms with E-state index in [0.29, 0.717) is 18.2 Å². The van der Waals surface area contributed by atoms with Crippen molar-refractivity contribution < 1.29 is 38.2 Å². The number of carbonyl (C=O) groups excluding carboxylic acids is 5. The van der Waals surface area contributed by atoms with E-state index >= 15 is 0 Å². The van der Waals surface area contributed by atoms with Crippen molar-refractivity contribution in [3.63, 3.8) is 0 Å². The number of imidazole rings is 2. The first-order valence-corrected chi connectivity index (χ1v) is 20.2. The summed E-state index contributed by atoms with van der Waals surface area (Å²) in [5.74, 6) is 0.0750. The molecule has 4 heterocycles. The fraction of sp³-hybridized carbons (Fsp3) is 0.432. The number of carbonyl (C=O) groups is 5. The number of aromatic amines is 2. The molecule has 17 heteroatoms. The number of rotatable bonds is 11. The maximum atomic E-state index is 14.0. The van der Waals surface area contributed by atoms with Gasteiger partial charge in [-0.1, -0.05) is 88.4 Å². The third-order valence-corrected chi connectivity index (χ3v) is 10.6. The molecule has 1 fully saturated rings. The van der Waals surface area contributed by atoms with Crippen molar-refractivity contribution in [2.24, 2.45) is 11.8 Å². The van der Waals surface area contributed by atoms with Crippen molar-refractivity contribution in [2.75, 3.05) is 34.0 Å². The Bertz CT molecular complexity index is 2240. The summed E-state index contributed by atoms with van der Waals surface area (Å²) >= 11 is 0. The number of nitrogens with one attached hydrogen (secondary N) is 4. The third-order valence-electron chi connectivity index (χ3n) is 10.6. The van der Waals surface area contributed by atoms with Crippen LogP contribution in [0.25, 0.3) is 33.6 Å². The second kappa shape index (κ2) is 18.3. The summed E-state index contributed by atoms with van der Waals surface area (Å²) in [4.78, 5) is 85.5. The first-order valence-electron chi connectivity index (χ1n) is 20.2. The topological polar surface area (TPSA) is 204 Å². The summed E-state index contributed by atoms with van der Waals surface area (Å²) < 4.78 is 15.1. The third kappa shape index (κ3) is 10.0. The van der Waals surface area contributed by atoms with E-state index in [0.717, 1.165) is 33.6 Å². The van der Waals surface area contributed by atoms with Gasteiger partial charge in [0.25, 0.3) is 0 Å². The van der Waals surface area contributed by atoms with Gasteiger partial charge in [-0.15, -0.1) is 0 Å². The number of alkyl carbamates (subject to hydrolysis) is 2. The van der Waals surface area contributed by atoms with Crippen LogP contribution in [0.15, 0.2) is 73.1 Å². The summed E-state index contributed by atoms with van der Waals surface area (Å²) in [5.41, 5.74) is 4.55. The van der Waals surface area contributed by atoms with Crippen molar-refractivity contribution in [1.82, 2.24) is 45.3 Å². The maximum absolute atomic E-state index is 14.0. The molecule has 2 aromatic heterocycles. The number of H-pyrrole nitrogens is 2. The van der Waals surface area contributed by atoms with Crippen LogP contribution in [0, 0.1) is 11.8 Å². The number of hydrogen-bond acceptors (Lipinski definition) is 10. The van der Waals surface area contributed by atoms with Crippen LogP contribution in [-0.4, -0.2) is 116 Å². The zero-order chi connectivity index (χ0) is 44.2. The largest absolute Gasteiger partial charge is 0.453 e. The number of methoxy groups -OCH3 is 2. The molecule has 0 saturated carbocycles. The Labute approximate surface area is 355 Å². The molecule has 2 aliphatic heterocycles. The molecule has 17 nitrogen and oxygen atoms in total. The number of nitrogens with zero attached hydrogens (tertiary/aromatic N) is 5. The molecule has 0 unspecified atom stereocenters. The lowest BCUT2D eigenvalue weighted by atomic mass is 10.0. The fourth-order valence-electron chi connectivity index (χ4n) is 7.28. The van der Waals surface area contributed by atoms with Gasteiger partial charge in [0, 0.05) is 6.54 Å². The molecular formula is C44H55N9O8. The molecule has 4 aromatic rings. The van der Waals surface area contributed by atoms with E-state index in [2.05, 4.69) is 30.6 Å². The predicted molar refractivity (Wildman–Crippen MR) is 226 cm³/mol.